The molecule has 2 heterocycles. The van der Waals surface area contributed by atoms with Crippen LogP contribution in [0.2, 0.25) is 0 Å². The zero-order valence-corrected chi connectivity index (χ0v) is 25.0. The Morgan fingerprint density at radius 2 is 1.20 bits per heavy atom. The Morgan fingerprint density at radius 1 is 0.725 bits per heavy atom. The van der Waals surface area contributed by atoms with Crippen molar-refractivity contribution in [3.8, 4) is 11.5 Å². The summed E-state index contributed by atoms with van der Waals surface area (Å²) < 4.78 is 11.4. The van der Waals surface area contributed by atoms with E-state index in [2.05, 4.69) is 16.7 Å². The van der Waals surface area contributed by atoms with Gasteiger partial charge < -0.3 is 19.3 Å². The lowest BCUT2D eigenvalue weighted by Crippen LogP contribution is -2.34. The lowest BCUT2D eigenvalue weighted by Gasteiger charge is -2.30. The van der Waals surface area contributed by atoms with E-state index >= 15 is 0 Å². The lowest BCUT2D eigenvalue weighted by molar-refractivity contribution is 0.0985. The van der Waals surface area contributed by atoms with Gasteiger partial charge in [-0.05, 0) is 126 Å². The highest BCUT2D eigenvalue weighted by Gasteiger charge is 2.15. The van der Waals surface area contributed by atoms with Crippen LogP contribution >= 0.6 is 0 Å². The molecule has 220 valence electrons. The first kappa shape index (κ1) is 31.8. The molecule has 6 nitrogen and oxygen atoms in total. The second kappa shape index (κ2) is 17.9. The van der Waals surface area contributed by atoms with Crippen molar-refractivity contribution in [2.45, 2.75) is 72.1 Å². The molecule has 0 spiro atoms. The number of carbonyl (C=O) groups excluding carboxylic acids is 2. The second-order valence-corrected chi connectivity index (χ2v) is 11.2. The summed E-state index contributed by atoms with van der Waals surface area (Å²) in [6.45, 7) is 14.5. The molecule has 2 aliphatic rings. The molecule has 2 aromatic rings. The summed E-state index contributed by atoms with van der Waals surface area (Å²) in [6, 6.07) is 14.9. The van der Waals surface area contributed by atoms with Gasteiger partial charge in [0.2, 0.25) is 0 Å². The number of hydrogen-bond donors (Lipinski definition) is 0. The van der Waals surface area contributed by atoms with E-state index in [-0.39, 0.29) is 11.6 Å². The van der Waals surface area contributed by atoms with E-state index < -0.39 is 0 Å². The average Bonchev–Trinajstić information content (AvgIpc) is 2.99. The van der Waals surface area contributed by atoms with Gasteiger partial charge in [0.25, 0.3) is 0 Å². The number of ketones is 2. The first-order chi connectivity index (χ1) is 19.4. The molecular weight excluding hydrogens is 500 g/mol. The van der Waals surface area contributed by atoms with Crippen molar-refractivity contribution in [2.24, 2.45) is 5.92 Å². The van der Waals surface area contributed by atoms with Crippen molar-refractivity contribution in [3.63, 3.8) is 0 Å². The molecule has 0 amide bonds. The third kappa shape index (κ3) is 11.8. The molecule has 0 aromatic heterocycles. The summed E-state index contributed by atoms with van der Waals surface area (Å²) in [7, 11) is 0. The van der Waals surface area contributed by atoms with E-state index in [9.17, 15) is 9.59 Å². The maximum atomic E-state index is 11.5. The smallest absolute Gasteiger partial charge is 0.162 e. The van der Waals surface area contributed by atoms with Crippen LogP contribution in [0.1, 0.15) is 92.9 Å². The molecule has 2 fully saturated rings. The Balaban J connectivity index is 0.000000220. The summed E-state index contributed by atoms with van der Waals surface area (Å²) in [6.07, 6.45) is 9.40. The summed E-state index contributed by atoms with van der Waals surface area (Å²) in [5.74, 6) is 2.87. The average molecular weight is 551 g/mol. The van der Waals surface area contributed by atoms with Crippen LogP contribution in [0.15, 0.2) is 48.5 Å². The van der Waals surface area contributed by atoms with Crippen LogP contribution in [-0.4, -0.2) is 73.8 Å². The van der Waals surface area contributed by atoms with Crippen LogP contribution < -0.4 is 9.47 Å². The lowest BCUT2D eigenvalue weighted by atomic mass is 9.99. The number of likely N-dealkylation sites (tertiary alicyclic amines) is 2. The maximum absolute atomic E-state index is 11.5. The highest BCUT2D eigenvalue weighted by molar-refractivity contribution is 5.96. The van der Waals surface area contributed by atoms with Crippen LogP contribution in [0, 0.1) is 5.92 Å². The number of rotatable bonds is 13. The fraction of sp³-hybridized carbons (Fsp3) is 0.588. The molecule has 0 saturated carbocycles. The number of ether oxygens (including phenoxy) is 2. The molecule has 2 aromatic carbocycles. The maximum Gasteiger partial charge on any atom is 0.162 e. The fourth-order valence-corrected chi connectivity index (χ4v) is 5.15. The largest absolute Gasteiger partial charge is 0.494 e. The fourth-order valence-electron chi connectivity index (χ4n) is 5.15. The van der Waals surface area contributed by atoms with Crippen LogP contribution in [0.25, 0.3) is 0 Å². The van der Waals surface area contributed by atoms with Crippen molar-refractivity contribution in [3.05, 3.63) is 59.7 Å². The molecule has 2 aliphatic heterocycles. The van der Waals surface area contributed by atoms with Gasteiger partial charge in [0.1, 0.15) is 11.5 Å². The number of piperidine rings is 2. The van der Waals surface area contributed by atoms with Gasteiger partial charge in [-0.2, -0.15) is 0 Å². The van der Waals surface area contributed by atoms with E-state index in [0.717, 1.165) is 67.7 Å². The minimum absolute atomic E-state index is 0.0934. The first-order valence-corrected chi connectivity index (χ1v) is 15.4. The predicted octanol–water partition coefficient (Wildman–Crippen LogP) is 6.92. The minimum atomic E-state index is 0.0934. The summed E-state index contributed by atoms with van der Waals surface area (Å²) >= 11 is 0. The van der Waals surface area contributed by atoms with Gasteiger partial charge in [0.05, 0.1) is 13.2 Å². The molecular formula is C34H50N2O4. The summed E-state index contributed by atoms with van der Waals surface area (Å²) in [5, 5.41) is 0. The highest BCUT2D eigenvalue weighted by atomic mass is 16.5. The van der Waals surface area contributed by atoms with Gasteiger partial charge >= 0.3 is 0 Å². The zero-order valence-electron chi connectivity index (χ0n) is 25.0. The Labute approximate surface area is 242 Å². The van der Waals surface area contributed by atoms with Gasteiger partial charge in [-0.25, -0.2) is 0 Å². The zero-order chi connectivity index (χ0) is 28.6. The minimum Gasteiger partial charge on any atom is -0.494 e. The number of Topliss-reactive ketones (excluding diaryl/α,β-unsaturated/α-hetero) is 2. The topological polar surface area (TPSA) is 59.1 Å². The SMILES string of the molecule is CC(=O)c1ccc(OCCCN2CCC(C)CC2)cc1.CCC(=O)c1ccc(OCCCN2CCCCC2)cc1. The first-order valence-electron chi connectivity index (χ1n) is 15.4. The Morgan fingerprint density at radius 3 is 1.68 bits per heavy atom. The molecule has 4 rings (SSSR count). The summed E-state index contributed by atoms with van der Waals surface area (Å²) in [5.41, 5.74) is 1.51. The van der Waals surface area contributed by atoms with Gasteiger partial charge in [-0.3, -0.25) is 9.59 Å². The van der Waals surface area contributed by atoms with Crippen LogP contribution in [0.5, 0.6) is 11.5 Å². The Bertz CT molecular complexity index is 992. The molecule has 40 heavy (non-hydrogen) atoms. The van der Waals surface area contributed by atoms with E-state index in [1.54, 1.807) is 6.92 Å². The summed E-state index contributed by atoms with van der Waals surface area (Å²) in [4.78, 5) is 27.7. The predicted molar refractivity (Wildman–Crippen MR) is 163 cm³/mol. The highest BCUT2D eigenvalue weighted by Crippen LogP contribution is 2.17. The number of hydrogen-bond acceptors (Lipinski definition) is 6. The van der Waals surface area contributed by atoms with E-state index in [1.807, 2.05) is 55.5 Å². The second-order valence-electron chi connectivity index (χ2n) is 11.2. The normalized spacial score (nSPS) is 16.6. The quantitative estimate of drug-likeness (QED) is 0.199. The molecule has 2 saturated heterocycles. The van der Waals surface area contributed by atoms with Crippen LogP contribution in [-0.2, 0) is 0 Å². The Hall–Kier alpha value is -2.70. The number of nitrogens with zero attached hydrogens (tertiary/aromatic N) is 2. The molecule has 0 aliphatic carbocycles. The Kier molecular flexibility index (Phi) is 14.2. The molecule has 0 unspecified atom stereocenters. The number of carbonyl (C=O) groups is 2. The van der Waals surface area contributed by atoms with Crippen molar-refractivity contribution in [1.82, 2.24) is 9.80 Å². The van der Waals surface area contributed by atoms with Crippen molar-refractivity contribution in [1.29, 1.82) is 0 Å². The van der Waals surface area contributed by atoms with Gasteiger partial charge in [0.15, 0.2) is 11.6 Å². The molecule has 6 heteroatoms. The monoisotopic (exact) mass is 550 g/mol. The van der Waals surface area contributed by atoms with Gasteiger partial charge in [-0.1, -0.05) is 20.3 Å². The number of benzene rings is 2. The van der Waals surface area contributed by atoms with Crippen molar-refractivity contribution >= 4 is 11.6 Å². The van der Waals surface area contributed by atoms with E-state index in [4.69, 9.17) is 9.47 Å². The van der Waals surface area contributed by atoms with E-state index in [0.29, 0.717) is 6.42 Å². The molecule has 0 radical (unpaired) electrons. The molecule has 0 atom stereocenters. The molecule has 0 bridgehead atoms. The standard InChI is InChI=1S/2C17H25NO2/c1-14-8-11-18(12-9-14)10-3-13-20-17-6-4-16(5-7-17)15(2)19;1-2-17(19)15-7-9-16(10-8-15)20-14-6-13-18-11-4-3-5-12-18/h4-7,14H,3,8-13H2,1-2H3;7-10H,2-6,11-14H2,1H3. The van der Waals surface area contributed by atoms with Crippen molar-refractivity contribution < 1.29 is 19.1 Å². The van der Waals surface area contributed by atoms with Crippen LogP contribution in [0.4, 0.5) is 0 Å². The third-order valence-corrected chi connectivity index (χ3v) is 7.86. The van der Waals surface area contributed by atoms with Gasteiger partial charge in [-0.15, -0.1) is 0 Å². The third-order valence-electron chi connectivity index (χ3n) is 7.86. The van der Waals surface area contributed by atoms with E-state index in [1.165, 1.54) is 58.3 Å². The van der Waals surface area contributed by atoms with Crippen LogP contribution in [0.3, 0.4) is 0 Å². The van der Waals surface area contributed by atoms with Gasteiger partial charge in [0, 0.05) is 30.6 Å². The molecule has 0 N–H and O–H groups in total. The van der Waals surface area contributed by atoms with Crippen molar-refractivity contribution in [2.75, 3.05) is 52.5 Å².